The van der Waals surface area contributed by atoms with Gasteiger partial charge in [0, 0.05) is 72.9 Å². The molecule has 1 atom stereocenters. The lowest BCUT2D eigenvalue weighted by Gasteiger charge is -2.37. The standard InChI is InChI=1S/C26H29FN6OS/c27-17-12-21(20-3-4-28-22(20)13-17)25-29-23-14-19(16-31-6-7-32-5-1-2-18(32)15-31)35-24(23)26(30-25)33-8-10-34-11-9-33/h3-4,12-14,18,28H,1-2,5-11,15-16H2/t18-/m0/s1. The molecule has 3 fully saturated rings. The molecule has 3 saturated heterocycles. The number of nitrogens with one attached hydrogen (secondary N) is 1. The summed E-state index contributed by atoms with van der Waals surface area (Å²) in [6, 6.07) is 7.98. The minimum Gasteiger partial charge on any atom is -0.378 e. The second-order valence-electron chi connectivity index (χ2n) is 9.86. The summed E-state index contributed by atoms with van der Waals surface area (Å²) in [6.07, 6.45) is 4.49. The van der Waals surface area contributed by atoms with Gasteiger partial charge in [-0.1, -0.05) is 0 Å². The van der Waals surface area contributed by atoms with Crippen molar-refractivity contribution in [3.63, 3.8) is 0 Å². The lowest BCUT2D eigenvalue weighted by molar-refractivity contribution is 0.100. The quantitative estimate of drug-likeness (QED) is 0.463. The summed E-state index contributed by atoms with van der Waals surface area (Å²) in [4.78, 5) is 22.0. The van der Waals surface area contributed by atoms with E-state index in [4.69, 9.17) is 14.7 Å². The van der Waals surface area contributed by atoms with Gasteiger partial charge in [0.1, 0.15) is 5.82 Å². The number of morpholine rings is 1. The number of piperazine rings is 1. The SMILES string of the molecule is Fc1cc(-c2nc(N3CCOCC3)c3sc(CN4CCN5CCC[C@H]5C4)cc3n2)c2cc[nH]c2c1. The van der Waals surface area contributed by atoms with Crippen molar-refractivity contribution in [1.82, 2.24) is 24.8 Å². The predicted octanol–water partition coefficient (Wildman–Crippen LogP) is 4.10. The van der Waals surface area contributed by atoms with E-state index in [2.05, 4.69) is 25.8 Å². The lowest BCUT2D eigenvalue weighted by atomic mass is 10.1. The van der Waals surface area contributed by atoms with Crippen molar-refractivity contribution in [2.75, 3.05) is 57.4 Å². The van der Waals surface area contributed by atoms with Gasteiger partial charge in [0.25, 0.3) is 0 Å². The summed E-state index contributed by atoms with van der Waals surface area (Å²) >= 11 is 1.81. The average Bonchev–Trinajstić information content (AvgIpc) is 3.62. The Balaban J connectivity index is 1.29. The fraction of sp³-hybridized carbons (Fsp3) is 0.462. The van der Waals surface area contributed by atoms with Gasteiger partial charge in [-0.15, -0.1) is 11.3 Å². The number of hydrogen-bond acceptors (Lipinski definition) is 7. The molecular formula is C26H29FN6OS. The van der Waals surface area contributed by atoms with Crippen molar-refractivity contribution in [3.05, 3.63) is 41.2 Å². The maximum Gasteiger partial charge on any atom is 0.163 e. The van der Waals surface area contributed by atoms with Gasteiger partial charge in [-0.2, -0.15) is 0 Å². The van der Waals surface area contributed by atoms with Crippen LogP contribution in [0.15, 0.2) is 30.5 Å². The third-order valence-corrected chi connectivity index (χ3v) is 8.75. The Morgan fingerprint density at radius 2 is 2.00 bits per heavy atom. The van der Waals surface area contributed by atoms with Crippen LogP contribution < -0.4 is 4.90 Å². The average molecular weight is 493 g/mol. The minimum absolute atomic E-state index is 0.288. The topological polar surface area (TPSA) is 60.5 Å². The molecule has 6 heterocycles. The van der Waals surface area contributed by atoms with Crippen LogP contribution in [-0.4, -0.2) is 83.3 Å². The van der Waals surface area contributed by atoms with Crippen LogP contribution in [0.25, 0.3) is 32.5 Å². The van der Waals surface area contributed by atoms with Crippen molar-refractivity contribution < 1.29 is 9.13 Å². The summed E-state index contributed by atoms with van der Waals surface area (Å²) < 4.78 is 21.2. The Hall–Kier alpha value is -2.59. The first kappa shape index (κ1) is 21.7. The maximum absolute atomic E-state index is 14.5. The number of thiophene rings is 1. The highest BCUT2D eigenvalue weighted by Gasteiger charge is 2.31. The smallest absolute Gasteiger partial charge is 0.163 e. The molecule has 182 valence electrons. The third kappa shape index (κ3) is 4.00. The summed E-state index contributed by atoms with van der Waals surface area (Å²) in [5, 5.41) is 0.934. The van der Waals surface area contributed by atoms with E-state index < -0.39 is 0 Å². The number of rotatable bonds is 4. The molecule has 7 rings (SSSR count). The zero-order valence-electron chi connectivity index (χ0n) is 19.7. The molecule has 3 aliphatic rings. The second kappa shape index (κ2) is 8.81. The molecule has 1 N–H and O–H groups in total. The van der Waals surface area contributed by atoms with Crippen molar-refractivity contribution in [1.29, 1.82) is 0 Å². The highest BCUT2D eigenvalue weighted by Crippen LogP contribution is 2.37. The van der Waals surface area contributed by atoms with Crippen molar-refractivity contribution in [3.8, 4) is 11.4 Å². The summed E-state index contributed by atoms with van der Waals surface area (Å²) in [6.45, 7) is 8.62. The molecule has 0 saturated carbocycles. The zero-order chi connectivity index (χ0) is 23.4. The summed E-state index contributed by atoms with van der Waals surface area (Å²) in [7, 11) is 0. The van der Waals surface area contributed by atoms with Crippen LogP contribution in [0.4, 0.5) is 10.2 Å². The molecule has 3 aromatic heterocycles. The number of hydrogen-bond donors (Lipinski definition) is 1. The molecule has 0 bridgehead atoms. The Morgan fingerprint density at radius 1 is 1.09 bits per heavy atom. The van der Waals surface area contributed by atoms with Crippen molar-refractivity contribution in [2.45, 2.75) is 25.4 Å². The fourth-order valence-corrected chi connectivity index (χ4v) is 7.04. The van der Waals surface area contributed by atoms with E-state index in [0.29, 0.717) is 25.1 Å². The molecular weight excluding hydrogens is 463 g/mol. The largest absolute Gasteiger partial charge is 0.378 e. The molecule has 7 nitrogen and oxygen atoms in total. The first-order valence-corrected chi connectivity index (χ1v) is 13.4. The van der Waals surface area contributed by atoms with Crippen LogP contribution in [0.5, 0.6) is 0 Å². The van der Waals surface area contributed by atoms with E-state index in [1.54, 1.807) is 17.4 Å². The number of H-pyrrole nitrogens is 1. The molecule has 4 aromatic rings. The van der Waals surface area contributed by atoms with E-state index >= 15 is 0 Å². The summed E-state index contributed by atoms with van der Waals surface area (Å²) in [5.74, 6) is 1.23. The number of ether oxygens (including phenoxy) is 1. The number of fused-ring (bicyclic) bond motifs is 3. The highest BCUT2D eigenvalue weighted by atomic mass is 32.1. The van der Waals surface area contributed by atoms with Gasteiger partial charge in [-0.3, -0.25) is 9.80 Å². The Bertz CT molecular complexity index is 1380. The Kier molecular flexibility index (Phi) is 5.46. The van der Waals surface area contributed by atoms with E-state index in [1.807, 2.05) is 12.3 Å². The van der Waals surface area contributed by atoms with Crippen molar-refractivity contribution in [2.24, 2.45) is 0 Å². The van der Waals surface area contributed by atoms with Crippen LogP contribution in [0.3, 0.4) is 0 Å². The molecule has 0 aliphatic carbocycles. The van der Waals surface area contributed by atoms with Gasteiger partial charge in [-0.25, -0.2) is 14.4 Å². The van der Waals surface area contributed by atoms with Crippen LogP contribution in [-0.2, 0) is 11.3 Å². The first-order chi connectivity index (χ1) is 17.2. The number of aromatic amines is 1. The second-order valence-corrected chi connectivity index (χ2v) is 11.0. The first-order valence-electron chi connectivity index (χ1n) is 12.6. The van der Waals surface area contributed by atoms with Gasteiger partial charge in [-0.05, 0) is 43.7 Å². The number of halogens is 1. The minimum atomic E-state index is -0.288. The van der Waals surface area contributed by atoms with Gasteiger partial charge in [0.15, 0.2) is 11.6 Å². The number of aromatic nitrogens is 3. The van der Waals surface area contributed by atoms with Crippen LogP contribution >= 0.6 is 11.3 Å². The molecule has 3 aliphatic heterocycles. The zero-order valence-corrected chi connectivity index (χ0v) is 20.5. The monoisotopic (exact) mass is 492 g/mol. The normalized spacial score (nSPS) is 21.9. The van der Waals surface area contributed by atoms with Crippen LogP contribution in [0.2, 0.25) is 0 Å². The lowest BCUT2D eigenvalue weighted by Crippen LogP contribution is -2.49. The maximum atomic E-state index is 14.5. The van der Waals surface area contributed by atoms with Gasteiger partial charge >= 0.3 is 0 Å². The van der Waals surface area contributed by atoms with Gasteiger partial charge in [0.2, 0.25) is 0 Å². The van der Waals surface area contributed by atoms with E-state index in [-0.39, 0.29) is 5.82 Å². The molecule has 0 radical (unpaired) electrons. The van der Waals surface area contributed by atoms with Crippen LogP contribution in [0.1, 0.15) is 17.7 Å². The molecule has 1 aromatic carbocycles. The third-order valence-electron chi connectivity index (χ3n) is 7.64. The van der Waals surface area contributed by atoms with Gasteiger partial charge in [0.05, 0.1) is 23.4 Å². The molecule has 0 unspecified atom stereocenters. The fourth-order valence-electron chi connectivity index (χ4n) is 5.89. The van der Waals surface area contributed by atoms with Crippen molar-refractivity contribution >= 4 is 38.3 Å². The van der Waals surface area contributed by atoms with E-state index in [1.165, 1.54) is 36.9 Å². The van der Waals surface area contributed by atoms with Gasteiger partial charge < -0.3 is 14.6 Å². The number of anilines is 1. The molecule has 35 heavy (non-hydrogen) atoms. The Morgan fingerprint density at radius 3 is 2.91 bits per heavy atom. The van der Waals surface area contributed by atoms with E-state index in [9.17, 15) is 4.39 Å². The summed E-state index contributed by atoms with van der Waals surface area (Å²) in [5.41, 5.74) is 2.43. The number of nitrogens with zero attached hydrogens (tertiary/aromatic N) is 5. The molecule has 0 amide bonds. The predicted molar refractivity (Wildman–Crippen MR) is 138 cm³/mol. The van der Waals surface area contributed by atoms with Crippen LogP contribution in [0, 0.1) is 5.82 Å². The number of benzene rings is 1. The highest BCUT2D eigenvalue weighted by molar-refractivity contribution is 7.19. The van der Waals surface area contributed by atoms with E-state index in [0.717, 1.165) is 65.2 Å². The molecule has 9 heteroatoms. The Labute approximate surface area is 207 Å². The molecule has 0 spiro atoms.